The van der Waals surface area contributed by atoms with E-state index in [4.69, 9.17) is 4.74 Å². The molecule has 0 saturated carbocycles. The summed E-state index contributed by atoms with van der Waals surface area (Å²) >= 11 is 0. The molecule has 2 rings (SSSR count). The highest BCUT2D eigenvalue weighted by atomic mass is 32.2. The van der Waals surface area contributed by atoms with E-state index in [0.717, 1.165) is 38.5 Å². The Hall–Kier alpha value is -1.60. The lowest BCUT2D eigenvalue weighted by atomic mass is 10.00. The van der Waals surface area contributed by atoms with Gasteiger partial charge in [-0.3, -0.25) is 4.79 Å². The van der Waals surface area contributed by atoms with Crippen LogP contribution in [0.1, 0.15) is 62.7 Å². The molecule has 0 radical (unpaired) electrons. The minimum absolute atomic E-state index is 0.108. The number of sulfonamides is 1. The van der Waals surface area contributed by atoms with Gasteiger partial charge in [-0.25, -0.2) is 13.1 Å². The number of nitrogens with zero attached hydrogens (tertiary/aromatic N) is 1. The molecule has 0 aromatic heterocycles. The van der Waals surface area contributed by atoms with Crippen LogP contribution in [0.15, 0.2) is 23.1 Å². The van der Waals surface area contributed by atoms with Crippen LogP contribution in [-0.4, -0.2) is 46.0 Å². The highest BCUT2D eigenvalue weighted by Crippen LogP contribution is 2.25. The molecule has 152 valence electrons. The highest BCUT2D eigenvalue weighted by Gasteiger charge is 2.25. The number of nitrogens with one attached hydrogen (secondary N) is 1. The summed E-state index contributed by atoms with van der Waals surface area (Å²) in [7, 11) is -2.18. The first kappa shape index (κ1) is 21.7. The highest BCUT2D eigenvalue weighted by molar-refractivity contribution is 7.89. The Kier molecular flexibility index (Phi) is 8.10. The maximum atomic E-state index is 12.8. The molecule has 1 saturated heterocycles. The number of likely N-dealkylation sites (tertiary alicyclic amines) is 1. The number of ether oxygens (including phenoxy) is 1. The SMILES string of the molecule is CCCC[C@H](CC)CNS(=O)(=O)c1ccc(OC)c(C(=O)N2CCCC2)c1. The van der Waals surface area contributed by atoms with Gasteiger partial charge in [0.15, 0.2) is 0 Å². The van der Waals surface area contributed by atoms with E-state index in [1.54, 1.807) is 11.0 Å². The minimum atomic E-state index is -3.67. The molecule has 0 bridgehead atoms. The molecule has 0 unspecified atom stereocenters. The lowest BCUT2D eigenvalue weighted by Crippen LogP contribution is -2.30. The van der Waals surface area contributed by atoms with Crippen LogP contribution in [0.5, 0.6) is 5.75 Å². The normalized spacial score (nSPS) is 15.7. The van der Waals surface area contributed by atoms with Crippen molar-refractivity contribution in [3.05, 3.63) is 23.8 Å². The van der Waals surface area contributed by atoms with Crippen molar-refractivity contribution < 1.29 is 17.9 Å². The van der Waals surface area contributed by atoms with Gasteiger partial charge in [-0.05, 0) is 43.4 Å². The second-order valence-electron chi connectivity index (χ2n) is 7.13. The number of unbranched alkanes of at least 4 members (excludes halogenated alkanes) is 1. The third kappa shape index (κ3) is 5.69. The fourth-order valence-corrected chi connectivity index (χ4v) is 4.51. The largest absolute Gasteiger partial charge is 0.496 e. The standard InChI is InChI=1S/C20H32N2O4S/c1-4-6-9-16(5-2)15-21-27(24,25)17-10-11-19(26-3)18(14-17)20(23)22-12-7-8-13-22/h10-11,14,16,21H,4-9,12-13,15H2,1-3H3/t16-/m0/s1. The second-order valence-corrected chi connectivity index (χ2v) is 8.90. The smallest absolute Gasteiger partial charge is 0.257 e. The predicted octanol–water partition coefficient (Wildman–Crippen LogP) is 3.43. The zero-order chi connectivity index (χ0) is 19.9. The third-order valence-electron chi connectivity index (χ3n) is 5.21. The van der Waals surface area contributed by atoms with Gasteiger partial charge >= 0.3 is 0 Å². The van der Waals surface area contributed by atoms with Gasteiger partial charge in [0.25, 0.3) is 5.91 Å². The third-order valence-corrected chi connectivity index (χ3v) is 6.63. The molecule has 27 heavy (non-hydrogen) atoms. The first-order valence-electron chi connectivity index (χ1n) is 9.89. The van der Waals surface area contributed by atoms with E-state index in [-0.39, 0.29) is 10.8 Å². The van der Waals surface area contributed by atoms with Gasteiger partial charge in [0, 0.05) is 19.6 Å². The van der Waals surface area contributed by atoms with E-state index in [1.165, 1.54) is 19.2 Å². The Balaban J connectivity index is 2.18. The molecule has 1 aliphatic rings. The number of hydrogen-bond donors (Lipinski definition) is 1. The predicted molar refractivity (Wildman–Crippen MR) is 107 cm³/mol. The number of carbonyl (C=O) groups is 1. The van der Waals surface area contributed by atoms with Crippen molar-refractivity contribution in [3.63, 3.8) is 0 Å². The molecule has 1 fully saturated rings. The van der Waals surface area contributed by atoms with E-state index in [0.29, 0.717) is 36.9 Å². The van der Waals surface area contributed by atoms with Crippen LogP contribution in [0.4, 0.5) is 0 Å². The summed E-state index contributed by atoms with van der Waals surface area (Å²) in [5, 5.41) is 0. The van der Waals surface area contributed by atoms with Crippen LogP contribution in [0, 0.1) is 5.92 Å². The number of carbonyl (C=O) groups excluding carboxylic acids is 1. The van der Waals surface area contributed by atoms with Gasteiger partial charge in [0.1, 0.15) is 5.75 Å². The van der Waals surface area contributed by atoms with Crippen LogP contribution in [0.3, 0.4) is 0 Å². The summed E-state index contributed by atoms with van der Waals surface area (Å²) in [6.07, 6.45) is 6.09. The van der Waals surface area contributed by atoms with Crippen molar-refractivity contribution in [2.75, 3.05) is 26.7 Å². The summed E-state index contributed by atoms with van der Waals surface area (Å²) in [6.45, 7) is 6.03. The summed E-state index contributed by atoms with van der Waals surface area (Å²) in [5.74, 6) is 0.555. The Morgan fingerprint density at radius 3 is 2.56 bits per heavy atom. The van der Waals surface area contributed by atoms with Crippen LogP contribution < -0.4 is 9.46 Å². The number of benzene rings is 1. The van der Waals surface area contributed by atoms with Crippen LogP contribution in [-0.2, 0) is 10.0 Å². The molecular weight excluding hydrogens is 364 g/mol. The summed E-state index contributed by atoms with van der Waals surface area (Å²) < 4.78 is 33.5. The molecule has 7 heteroatoms. The van der Waals surface area contributed by atoms with Crippen molar-refractivity contribution in [2.24, 2.45) is 5.92 Å². The zero-order valence-corrected chi connectivity index (χ0v) is 17.5. The fraction of sp³-hybridized carbons (Fsp3) is 0.650. The van der Waals surface area contributed by atoms with Crippen molar-refractivity contribution in [2.45, 2.75) is 57.3 Å². The Bertz CT molecular complexity index is 727. The first-order valence-corrected chi connectivity index (χ1v) is 11.4. The molecule has 1 aromatic carbocycles. The van der Waals surface area contributed by atoms with Gasteiger partial charge < -0.3 is 9.64 Å². The van der Waals surface area contributed by atoms with Crippen molar-refractivity contribution in [1.29, 1.82) is 0 Å². The van der Waals surface area contributed by atoms with Crippen molar-refractivity contribution >= 4 is 15.9 Å². The van der Waals surface area contributed by atoms with Crippen LogP contribution in [0.25, 0.3) is 0 Å². The Labute approximate surface area is 163 Å². The maximum absolute atomic E-state index is 12.8. The second kappa shape index (κ2) is 10.1. The van der Waals surface area contributed by atoms with E-state index >= 15 is 0 Å². The summed E-state index contributed by atoms with van der Waals surface area (Å²) in [4.78, 5) is 14.6. The van der Waals surface area contributed by atoms with Gasteiger partial charge in [-0.1, -0.05) is 33.1 Å². The molecule has 1 aliphatic heterocycles. The molecule has 6 nitrogen and oxygen atoms in total. The van der Waals surface area contributed by atoms with E-state index in [9.17, 15) is 13.2 Å². The molecule has 0 aliphatic carbocycles. The average Bonchev–Trinajstić information content (AvgIpc) is 3.21. The Morgan fingerprint density at radius 1 is 1.26 bits per heavy atom. The quantitative estimate of drug-likeness (QED) is 0.657. The van der Waals surface area contributed by atoms with E-state index in [2.05, 4.69) is 18.6 Å². The Morgan fingerprint density at radius 2 is 1.96 bits per heavy atom. The van der Waals surface area contributed by atoms with Crippen molar-refractivity contribution in [1.82, 2.24) is 9.62 Å². The average molecular weight is 397 g/mol. The molecule has 1 heterocycles. The lowest BCUT2D eigenvalue weighted by Gasteiger charge is -2.19. The molecule has 1 aromatic rings. The number of methoxy groups -OCH3 is 1. The number of rotatable bonds is 10. The van der Waals surface area contributed by atoms with E-state index in [1.807, 2.05) is 0 Å². The van der Waals surface area contributed by atoms with Gasteiger partial charge in [0.2, 0.25) is 10.0 Å². The topological polar surface area (TPSA) is 75.7 Å². The minimum Gasteiger partial charge on any atom is -0.496 e. The molecule has 1 amide bonds. The molecule has 1 N–H and O–H groups in total. The zero-order valence-electron chi connectivity index (χ0n) is 16.7. The van der Waals surface area contributed by atoms with Gasteiger partial charge in [-0.2, -0.15) is 0 Å². The number of hydrogen-bond acceptors (Lipinski definition) is 4. The number of amides is 1. The van der Waals surface area contributed by atoms with Crippen LogP contribution in [0.2, 0.25) is 0 Å². The van der Waals surface area contributed by atoms with E-state index < -0.39 is 10.0 Å². The summed E-state index contributed by atoms with van der Waals surface area (Å²) in [5.41, 5.74) is 0.306. The molecule has 1 atom stereocenters. The van der Waals surface area contributed by atoms with Crippen LogP contribution >= 0.6 is 0 Å². The molecular formula is C20H32N2O4S. The lowest BCUT2D eigenvalue weighted by molar-refractivity contribution is 0.0789. The monoisotopic (exact) mass is 396 g/mol. The first-order chi connectivity index (χ1) is 12.9. The summed E-state index contributed by atoms with van der Waals surface area (Å²) in [6, 6.07) is 4.50. The van der Waals surface area contributed by atoms with Gasteiger partial charge in [0.05, 0.1) is 17.6 Å². The maximum Gasteiger partial charge on any atom is 0.257 e. The molecule has 0 spiro atoms. The fourth-order valence-electron chi connectivity index (χ4n) is 3.37. The van der Waals surface area contributed by atoms with Crippen molar-refractivity contribution in [3.8, 4) is 5.75 Å². The van der Waals surface area contributed by atoms with Gasteiger partial charge in [-0.15, -0.1) is 0 Å².